The molecule has 0 radical (unpaired) electrons. The summed E-state index contributed by atoms with van der Waals surface area (Å²) in [5, 5.41) is 13.8. The molecule has 17 heavy (non-hydrogen) atoms. The molecule has 1 fully saturated rings. The minimum atomic E-state index is -0.847. The van der Waals surface area contributed by atoms with Crippen LogP contribution < -0.4 is 0 Å². The minimum Gasteiger partial charge on any atom is -0.481 e. The fraction of sp³-hybridized carbons (Fsp3) is 0.417. The van der Waals surface area contributed by atoms with Gasteiger partial charge in [-0.05, 0) is 17.9 Å². The Morgan fingerprint density at radius 3 is 2.76 bits per heavy atom. The fourth-order valence-corrected chi connectivity index (χ4v) is 2.57. The lowest BCUT2D eigenvalue weighted by Crippen LogP contribution is -2.26. The molecular weight excluding hydrogens is 218 g/mol. The summed E-state index contributed by atoms with van der Waals surface area (Å²) in [6.07, 6.45) is 4.07. The summed E-state index contributed by atoms with van der Waals surface area (Å²) < 4.78 is 1.62. The number of rotatable bonds is 2. The predicted molar refractivity (Wildman–Crippen MR) is 60.7 cm³/mol. The van der Waals surface area contributed by atoms with Crippen LogP contribution in [0.5, 0.6) is 0 Å². The van der Waals surface area contributed by atoms with Gasteiger partial charge in [-0.25, -0.2) is 9.50 Å². The maximum Gasteiger partial charge on any atom is 0.316 e. The third kappa shape index (κ3) is 1.16. The van der Waals surface area contributed by atoms with E-state index in [2.05, 4.69) is 10.1 Å². The molecule has 1 aliphatic rings. The van der Waals surface area contributed by atoms with Crippen molar-refractivity contribution in [2.45, 2.75) is 25.7 Å². The van der Waals surface area contributed by atoms with E-state index in [4.69, 9.17) is 0 Å². The van der Waals surface area contributed by atoms with E-state index < -0.39 is 11.4 Å². The first-order chi connectivity index (χ1) is 7.97. The minimum absolute atomic E-state index is 0.239. The van der Waals surface area contributed by atoms with Crippen molar-refractivity contribution in [3.63, 3.8) is 0 Å². The second-order valence-electron chi connectivity index (χ2n) is 5.22. The Hall–Kier alpha value is -1.91. The fourth-order valence-electron chi connectivity index (χ4n) is 2.57. The molecule has 1 atom stereocenters. The molecule has 2 aromatic rings. The molecule has 0 saturated heterocycles. The van der Waals surface area contributed by atoms with Gasteiger partial charge in [-0.2, -0.15) is 5.10 Å². The van der Waals surface area contributed by atoms with Crippen molar-refractivity contribution in [1.82, 2.24) is 14.6 Å². The highest BCUT2D eigenvalue weighted by atomic mass is 16.4. The quantitative estimate of drug-likeness (QED) is 0.850. The maximum absolute atomic E-state index is 11.5. The van der Waals surface area contributed by atoms with E-state index in [0.717, 1.165) is 0 Å². The summed E-state index contributed by atoms with van der Waals surface area (Å²) in [6.45, 7) is 3.91. The van der Waals surface area contributed by atoms with Crippen LogP contribution in [-0.4, -0.2) is 25.7 Å². The Kier molecular flexibility index (Phi) is 1.72. The number of carbonyl (C=O) groups is 1. The second kappa shape index (κ2) is 2.85. The smallest absolute Gasteiger partial charge is 0.316 e. The van der Waals surface area contributed by atoms with Crippen LogP contribution in [0.15, 0.2) is 24.5 Å². The Morgan fingerprint density at radius 1 is 1.53 bits per heavy atom. The van der Waals surface area contributed by atoms with Crippen LogP contribution in [0, 0.1) is 5.41 Å². The molecule has 2 aromatic heterocycles. The lowest BCUT2D eigenvalue weighted by atomic mass is 9.92. The zero-order valence-electron chi connectivity index (χ0n) is 9.71. The summed E-state index contributed by atoms with van der Waals surface area (Å²) in [7, 11) is 0. The molecule has 1 unspecified atom stereocenters. The summed E-state index contributed by atoms with van der Waals surface area (Å²) in [5.41, 5.74) is 0.205. The zero-order chi connectivity index (χ0) is 12.3. The van der Waals surface area contributed by atoms with Gasteiger partial charge in [0.1, 0.15) is 5.41 Å². The van der Waals surface area contributed by atoms with Crippen molar-refractivity contribution < 1.29 is 9.90 Å². The van der Waals surface area contributed by atoms with Gasteiger partial charge in [0.05, 0.1) is 5.69 Å². The van der Waals surface area contributed by atoms with Gasteiger partial charge in [0, 0.05) is 18.5 Å². The van der Waals surface area contributed by atoms with Crippen LogP contribution in [0.1, 0.15) is 26.0 Å². The molecule has 2 heterocycles. The first kappa shape index (κ1) is 10.3. The van der Waals surface area contributed by atoms with Crippen LogP contribution in [0.4, 0.5) is 0 Å². The van der Waals surface area contributed by atoms with Crippen molar-refractivity contribution in [3.8, 4) is 0 Å². The van der Waals surface area contributed by atoms with Gasteiger partial charge < -0.3 is 5.11 Å². The highest BCUT2D eigenvalue weighted by Gasteiger charge is 2.69. The third-order valence-corrected chi connectivity index (χ3v) is 3.78. The summed E-state index contributed by atoms with van der Waals surface area (Å²) in [4.78, 5) is 15.7. The van der Waals surface area contributed by atoms with Gasteiger partial charge in [0.25, 0.3) is 0 Å². The lowest BCUT2D eigenvalue weighted by molar-refractivity contribution is -0.141. The van der Waals surface area contributed by atoms with Gasteiger partial charge in [0.15, 0.2) is 5.65 Å². The van der Waals surface area contributed by atoms with E-state index in [1.165, 1.54) is 0 Å². The largest absolute Gasteiger partial charge is 0.481 e. The van der Waals surface area contributed by atoms with E-state index in [-0.39, 0.29) is 5.41 Å². The highest BCUT2D eigenvalue weighted by Crippen LogP contribution is 2.64. The first-order valence-electron chi connectivity index (χ1n) is 5.52. The number of fused-ring (bicyclic) bond motifs is 1. The van der Waals surface area contributed by atoms with Crippen LogP contribution in [0.25, 0.3) is 5.65 Å². The first-order valence-corrected chi connectivity index (χ1v) is 5.52. The van der Waals surface area contributed by atoms with E-state index >= 15 is 0 Å². The molecule has 0 aliphatic heterocycles. The van der Waals surface area contributed by atoms with Crippen LogP contribution >= 0.6 is 0 Å². The Balaban J connectivity index is 2.18. The zero-order valence-corrected chi connectivity index (χ0v) is 9.71. The lowest BCUT2D eigenvalue weighted by Gasteiger charge is -2.11. The average Bonchev–Trinajstić information content (AvgIpc) is 2.69. The van der Waals surface area contributed by atoms with Crippen molar-refractivity contribution in [1.29, 1.82) is 0 Å². The van der Waals surface area contributed by atoms with Crippen LogP contribution in [-0.2, 0) is 10.2 Å². The SMILES string of the molecule is CC1(C)CC1(C(=O)O)c1cc2ncccn2n1. The molecule has 1 aliphatic carbocycles. The number of hydrogen-bond donors (Lipinski definition) is 1. The van der Waals surface area contributed by atoms with Crippen LogP contribution in [0.3, 0.4) is 0 Å². The van der Waals surface area contributed by atoms with Gasteiger partial charge in [-0.15, -0.1) is 0 Å². The monoisotopic (exact) mass is 231 g/mol. The molecule has 1 saturated carbocycles. The predicted octanol–water partition coefficient (Wildman–Crippen LogP) is 1.48. The summed E-state index contributed by atoms with van der Waals surface area (Å²) >= 11 is 0. The number of nitrogens with zero attached hydrogens (tertiary/aromatic N) is 3. The number of carboxylic acids is 1. The molecular formula is C12H13N3O2. The van der Waals surface area contributed by atoms with Gasteiger partial charge in [0.2, 0.25) is 0 Å². The number of aliphatic carboxylic acids is 1. The molecule has 0 amide bonds. The molecule has 88 valence electrons. The molecule has 5 nitrogen and oxygen atoms in total. The van der Waals surface area contributed by atoms with E-state index in [0.29, 0.717) is 17.8 Å². The molecule has 5 heteroatoms. The van der Waals surface area contributed by atoms with E-state index in [9.17, 15) is 9.90 Å². The third-order valence-electron chi connectivity index (χ3n) is 3.78. The van der Waals surface area contributed by atoms with Crippen LogP contribution in [0.2, 0.25) is 0 Å². The van der Waals surface area contributed by atoms with Crippen molar-refractivity contribution >= 4 is 11.6 Å². The number of hydrogen-bond acceptors (Lipinski definition) is 3. The van der Waals surface area contributed by atoms with Crippen molar-refractivity contribution in [2.24, 2.45) is 5.41 Å². The number of carboxylic acid groups (broad SMARTS) is 1. The summed E-state index contributed by atoms with van der Waals surface area (Å²) in [6, 6.07) is 3.54. The number of aromatic nitrogens is 3. The molecule has 0 spiro atoms. The van der Waals surface area contributed by atoms with Gasteiger partial charge in [-0.3, -0.25) is 4.79 Å². The standard InChI is InChI=1S/C12H13N3O2/c1-11(2)7-12(11,10(16)17)8-6-9-13-4-3-5-15(9)14-8/h3-6H,7H2,1-2H3,(H,16,17). The van der Waals surface area contributed by atoms with Crippen molar-refractivity contribution in [3.05, 3.63) is 30.2 Å². The molecule has 3 rings (SSSR count). The molecule has 0 aromatic carbocycles. The summed E-state index contributed by atoms with van der Waals surface area (Å²) in [5.74, 6) is -0.800. The maximum atomic E-state index is 11.5. The van der Waals surface area contributed by atoms with Gasteiger partial charge in [-0.1, -0.05) is 13.8 Å². The second-order valence-corrected chi connectivity index (χ2v) is 5.22. The Bertz CT molecular complexity index is 584. The van der Waals surface area contributed by atoms with E-state index in [1.807, 2.05) is 13.8 Å². The van der Waals surface area contributed by atoms with Crippen molar-refractivity contribution in [2.75, 3.05) is 0 Å². The Labute approximate surface area is 98.1 Å². The molecule has 0 bridgehead atoms. The Morgan fingerprint density at radius 2 is 2.24 bits per heavy atom. The molecule has 1 N–H and O–H groups in total. The van der Waals surface area contributed by atoms with E-state index in [1.54, 1.807) is 29.0 Å². The average molecular weight is 231 g/mol. The van der Waals surface area contributed by atoms with Gasteiger partial charge >= 0.3 is 5.97 Å². The highest BCUT2D eigenvalue weighted by molar-refractivity contribution is 5.86. The normalized spacial score (nSPS) is 26.0. The topological polar surface area (TPSA) is 67.5 Å².